The maximum absolute atomic E-state index is 12.8. The predicted molar refractivity (Wildman–Crippen MR) is 132 cm³/mol. The third-order valence-corrected chi connectivity index (χ3v) is 7.37. The first-order chi connectivity index (χ1) is 16.5. The zero-order chi connectivity index (χ0) is 23.8. The standard InChI is InChI=1S/C23H29FN8OS/c1-14(2)19-20(16-9-17(33-4)22-26-13-27-32(22)12-16)28-29-21(19)23-25-10-18(34-23)31-8-7-30(6-5-24)11-15(31)3/h9-10,12-15H,5-8,11H2,1-4H3,(H,28,29). The molecule has 0 amide bonds. The molecule has 11 heteroatoms. The smallest absolute Gasteiger partial charge is 0.197 e. The number of anilines is 1. The van der Waals surface area contributed by atoms with E-state index in [1.807, 2.05) is 18.5 Å². The van der Waals surface area contributed by atoms with E-state index in [4.69, 9.17) is 9.72 Å². The van der Waals surface area contributed by atoms with E-state index in [-0.39, 0.29) is 12.6 Å². The van der Waals surface area contributed by atoms with Crippen LogP contribution in [-0.4, -0.2) is 80.7 Å². The summed E-state index contributed by atoms with van der Waals surface area (Å²) >= 11 is 1.66. The molecule has 0 aliphatic carbocycles. The summed E-state index contributed by atoms with van der Waals surface area (Å²) in [5.74, 6) is 0.864. The minimum atomic E-state index is -0.298. The second kappa shape index (κ2) is 9.30. The van der Waals surface area contributed by atoms with Crippen LogP contribution in [0.5, 0.6) is 5.75 Å². The van der Waals surface area contributed by atoms with Crippen LogP contribution in [0.1, 0.15) is 32.3 Å². The Morgan fingerprint density at radius 1 is 1.29 bits per heavy atom. The van der Waals surface area contributed by atoms with Gasteiger partial charge in [0.05, 0.1) is 24.7 Å². The van der Waals surface area contributed by atoms with E-state index < -0.39 is 0 Å². The second-order valence-electron chi connectivity index (χ2n) is 8.88. The molecule has 0 spiro atoms. The quantitative estimate of drug-likeness (QED) is 0.426. The average molecular weight is 485 g/mol. The summed E-state index contributed by atoms with van der Waals surface area (Å²) in [5, 5.41) is 14.2. The number of nitrogens with one attached hydrogen (secondary N) is 1. The zero-order valence-electron chi connectivity index (χ0n) is 19.8. The van der Waals surface area contributed by atoms with Crippen molar-refractivity contribution in [3.8, 4) is 27.7 Å². The molecular formula is C23H29FN8OS. The Bertz CT molecular complexity index is 1280. The molecule has 0 aromatic carbocycles. The lowest BCUT2D eigenvalue weighted by Crippen LogP contribution is -2.52. The van der Waals surface area contributed by atoms with Crippen molar-refractivity contribution in [3.63, 3.8) is 0 Å². The van der Waals surface area contributed by atoms with E-state index >= 15 is 0 Å². The average Bonchev–Trinajstić information content (AvgIpc) is 3.57. The highest BCUT2D eigenvalue weighted by molar-refractivity contribution is 7.18. The van der Waals surface area contributed by atoms with Crippen LogP contribution in [0.3, 0.4) is 0 Å². The van der Waals surface area contributed by atoms with E-state index in [2.05, 4.69) is 50.9 Å². The highest BCUT2D eigenvalue weighted by Gasteiger charge is 2.27. The number of rotatable bonds is 7. The fraction of sp³-hybridized carbons (Fsp3) is 0.478. The molecule has 34 heavy (non-hydrogen) atoms. The van der Waals surface area contributed by atoms with Crippen LogP contribution < -0.4 is 9.64 Å². The Morgan fingerprint density at radius 3 is 2.88 bits per heavy atom. The monoisotopic (exact) mass is 484 g/mol. The van der Waals surface area contributed by atoms with Crippen LogP contribution in [0.25, 0.3) is 27.6 Å². The van der Waals surface area contributed by atoms with Gasteiger partial charge in [-0.15, -0.1) is 0 Å². The number of methoxy groups -OCH3 is 1. The molecule has 5 rings (SSSR count). The number of ether oxygens (including phenoxy) is 1. The Balaban J connectivity index is 1.48. The minimum absolute atomic E-state index is 0.219. The largest absolute Gasteiger partial charge is 0.493 e. The van der Waals surface area contributed by atoms with Gasteiger partial charge in [0.1, 0.15) is 23.0 Å². The van der Waals surface area contributed by atoms with Crippen molar-refractivity contribution in [3.05, 3.63) is 30.4 Å². The van der Waals surface area contributed by atoms with Crippen molar-refractivity contribution in [2.75, 3.05) is 44.9 Å². The Morgan fingerprint density at radius 2 is 2.15 bits per heavy atom. The van der Waals surface area contributed by atoms with Crippen molar-refractivity contribution in [1.82, 2.24) is 34.7 Å². The number of pyridine rings is 1. The van der Waals surface area contributed by atoms with Gasteiger partial charge in [0.2, 0.25) is 0 Å². The summed E-state index contributed by atoms with van der Waals surface area (Å²) in [6.45, 7) is 9.29. The Kier molecular flexibility index (Phi) is 6.22. The highest BCUT2D eigenvalue weighted by Crippen LogP contribution is 2.40. The van der Waals surface area contributed by atoms with E-state index in [1.165, 1.54) is 6.33 Å². The summed E-state index contributed by atoms with van der Waals surface area (Å²) in [6, 6.07) is 2.25. The molecule has 0 radical (unpaired) electrons. The number of alkyl halides is 1. The summed E-state index contributed by atoms with van der Waals surface area (Å²) in [7, 11) is 1.63. The molecule has 4 aromatic rings. The van der Waals surface area contributed by atoms with Gasteiger partial charge in [-0.05, 0) is 18.9 Å². The number of H-pyrrole nitrogens is 1. The zero-order valence-corrected chi connectivity index (χ0v) is 20.6. The molecule has 1 aliphatic rings. The van der Waals surface area contributed by atoms with Crippen LogP contribution in [0.4, 0.5) is 9.39 Å². The number of halogens is 1. The van der Waals surface area contributed by atoms with Crippen LogP contribution >= 0.6 is 11.3 Å². The van der Waals surface area contributed by atoms with Gasteiger partial charge < -0.3 is 9.64 Å². The van der Waals surface area contributed by atoms with Gasteiger partial charge in [0.25, 0.3) is 0 Å². The van der Waals surface area contributed by atoms with Crippen LogP contribution in [0.2, 0.25) is 0 Å². The van der Waals surface area contributed by atoms with Crippen LogP contribution in [0.15, 0.2) is 24.8 Å². The maximum Gasteiger partial charge on any atom is 0.197 e. The van der Waals surface area contributed by atoms with E-state index in [0.717, 1.165) is 52.2 Å². The number of nitrogens with zero attached hydrogens (tertiary/aromatic N) is 7. The summed E-state index contributed by atoms with van der Waals surface area (Å²) in [6.07, 6.45) is 5.37. The molecule has 1 fully saturated rings. The molecule has 1 unspecified atom stereocenters. The summed E-state index contributed by atoms with van der Waals surface area (Å²) in [5.41, 5.74) is 4.45. The predicted octanol–water partition coefficient (Wildman–Crippen LogP) is 3.85. The van der Waals surface area contributed by atoms with Crippen molar-refractivity contribution >= 4 is 22.0 Å². The lowest BCUT2D eigenvalue weighted by Gasteiger charge is -2.39. The van der Waals surface area contributed by atoms with Gasteiger partial charge in [-0.25, -0.2) is 18.9 Å². The number of thiazole rings is 1. The van der Waals surface area contributed by atoms with Gasteiger partial charge in [-0.3, -0.25) is 10.00 Å². The van der Waals surface area contributed by atoms with Crippen molar-refractivity contribution in [1.29, 1.82) is 0 Å². The molecule has 1 atom stereocenters. The molecule has 9 nitrogen and oxygen atoms in total. The van der Waals surface area contributed by atoms with E-state index in [0.29, 0.717) is 24.0 Å². The number of aromatic amines is 1. The molecular weight excluding hydrogens is 455 g/mol. The molecule has 5 heterocycles. The molecule has 180 valence electrons. The summed E-state index contributed by atoms with van der Waals surface area (Å²) in [4.78, 5) is 13.6. The summed E-state index contributed by atoms with van der Waals surface area (Å²) < 4.78 is 20.0. The van der Waals surface area contributed by atoms with Gasteiger partial charge >= 0.3 is 0 Å². The Labute approximate surface area is 201 Å². The van der Waals surface area contributed by atoms with Crippen LogP contribution in [-0.2, 0) is 0 Å². The normalized spacial score (nSPS) is 17.2. The van der Waals surface area contributed by atoms with Gasteiger partial charge in [0, 0.05) is 49.5 Å². The Hall–Kier alpha value is -3.05. The highest BCUT2D eigenvalue weighted by atomic mass is 32.1. The first kappa shape index (κ1) is 22.7. The first-order valence-corrected chi connectivity index (χ1v) is 12.3. The number of piperazine rings is 1. The van der Waals surface area contributed by atoms with Crippen molar-refractivity contribution in [2.45, 2.75) is 32.7 Å². The van der Waals surface area contributed by atoms with Crippen molar-refractivity contribution in [2.24, 2.45) is 0 Å². The molecule has 0 saturated carbocycles. The molecule has 1 aliphatic heterocycles. The lowest BCUT2D eigenvalue weighted by molar-refractivity contribution is 0.211. The van der Waals surface area contributed by atoms with Crippen LogP contribution in [0, 0.1) is 0 Å². The molecule has 1 N–H and O–H groups in total. The number of hydrogen-bond donors (Lipinski definition) is 1. The third kappa shape index (κ3) is 4.03. The van der Waals surface area contributed by atoms with E-state index in [9.17, 15) is 4.39 Å². The number of aromatic nitrogens is 6. The fourth-order valence-corrected chi connectivity index (χ4v) is 5.72. The molecule has 4 aromatic heterocycles. The SMILES string of the molecule is COc1cc(-c2n[nH]c(-c3ncc(N4CCN(CCF)CC4C)s3)c2C(C)C)cn2ncnc12. The third-order valence-electron chi connectivity index (χ3n) is 6.32. The second-order valence-corrected chi connectivity index (χ2v) is 9.89. The number of fused-ring (bicyclic) bond motifs is 1. The minimum Gasteiger partial charge on any atom is -0.493 e. The topological polar surface area (TPSA) is 87.5 Å². The van der Waals surface area contributed by atoms with E-state index in [1.54, 1.807) is 23.0 Å². The van der Waals surface area contributed by atoms with Gasteiger partial charge in [0.15, 0.2) is 11.4 Å². The lowest BCUT2D eigenvalue weighted by atomic mass is 9.97. The fourth-order valence-electron chi connectivity index (χ4n) is 4.67. The molecule has 0 bridgehead atoms. The maximum atomic E-state index is 12.8. The number of hydrogen-bond acceptors (Lipinski definition) is 8. The van der Waals surface area contributed by atoms with Gasteiger partial charge in [-0.2, -0.15) is 10.2 Å². The van der Waals surface area contributed by atoms with Gasteiger partial charge in [-0.1, -0.05) is 25.2 Å². The van der Waals surface area contributed by atoms with Crippen molar-refractivity contribution < 1.29 is 9.13 Å². The molecule has 1 saturated heterocycles. The first-order valence-electron chi connectivity index (χ1n) is 11.5.